The quantitative estimate of drug-likeness (QED) is 0.552. The zero-order valence-electron chi connectivity index (χ0n) is 17.8. The largest absolute Gasteiger partial charge is 0.497 e. The third-order valence-electron chi connectivity index (χ3n) is 4.66. The molecule has 9 heteroatoms. The number of anilines is 2. The molecule has 1 N–H and O–H groups in total. The Balaban J connectivity index is 2.01. The highest BCUT2D eigenvalue weighted by atomic mass is 32.2. The molecule has 3 aromatic carbocycles. The van der Waals surface area contributed by atoms with Gasteiger partial charge in [-0.2, -0.15) is 0 Å². The van der Waals surface area contributed by atoms with E-state index in [4.69, 9.17) is 9.47 Å². The molecule has 3 rings (SSSR count). The van der Waals surface area contributed by atoms with E-state index in [2.05, 4.69) is 5.32 Å². The summed E-state index contributed by atoms with van der Waals surface area (Å²) in [7, 11) is -1.31. The van der Waals surface area contributed by atoms with E-state index in [-0.39, 0.29) is 16.3 Å². The summed E-state index contributed by atoms with van der Waals surface area (Å²) >= 11 is 0. The predicted molar refractivity (Wildman–Crippen MR) is 120 cm³/mol. The fourth-order valence-electron chi connectivity index (χ4n) is 3.03. The van der Waals surface area contributed by atoms with E-state index in [1.54, 1.807) is 43.3 Å². The Bertz CT molecular complexity index is 1200. The Hall–Kier alpha value is -3.59. The number of nitrogens with zero attached hydrogens (tertiary/aromatic N) is 1. The minimum atomic E-state index is -4.19. The summed E-state index contributed by atoms with van der Waals surface area (Å²) in [6.07, 6.45) is 0. The number of nitrogens with one attached hydrogen (secondary N) is 1. The van der Waals surface area contributed by atoms with Crippen molar-refractivity contribution in [3.05, 3.63) is 78.1 Å². The topological polar surface area (TPSA) is 84.9 Å². The number of hydrogen-bond donors (Lipinski definition) is 1. The van der Waals surface area contributed by atoms with Crippen LogP contribution in [0.25, 0.3) is 0 Å². The van der Waals surface area contributed by atoms with Gasteiger partial charge in [0.25, 0.3) is 10.0 Å². The molecule has 0 radical (unpaired) electrons. The first-order chi connectivity index (χ1) is 15.2. The lowest BCUT2D eigenvalue weighted by Gasteiger charge is -2.25. The van der Waals surface area contributed by atoms with E-state index in [1.807, 2.05) is 0 Å². The summed E-state index contributed by atoms with van der Waals surface area (Å²) in [5.74, 6) is -0.345. The molecule has 0 aromatic heterocycles. The maximum atomic E-state index is 13.6. The molecule has 0 spiro atoms. The number of halogens is 1. The zero-order valence-corrected chi connectivity index (χ0v) is 18.6. The van der Waals surface area contributed by atoms with Crippen LogP contribution in [0.2, 0.25) is 0 Å². The summed E-state index contributed by atoms with van der Waals surface area (Å²) in [5.41, 5.74) is 1.33. The van der Waals surface area contributed by atoms with Crippen molar-refractivity contribution in [1.82, 2.24) is 0 Å². The van der Waals surface area contributed by atoms with Gasteiger partial charge < -0.3 is 14.8 Å². The second-order valence-electron chi connectivity index (χ2n) is 6.92. The average molecular weight is 459 g/mol. The Kier molecular flexibility index (Phi) is 6.99. The minimum absolute atomic E-state index is 0.0644. The van der Waals surface area contributed by atoms with E-state index >= 15 is 0 Å². The number of aryl methyl sites for hydroxylation is 1. The van der Waals surface area contributed by atoms with Crippen molar-refractivity contribution < 1.29 is 27.1 Å². The molecule has 0 saturated carbocycles. The molecule has 0 saturated heterocycles. The van der Waals surface area contributed by atoms with E-state index in [0.717, 1.165) is 9.87 Å². The molecule has 32 heavy (non-hydrogen) atoms. The highest BCUT2D eigenvalue weighted by Gasteiger charge is 2.30. The van der Waals surface area contributed by atoms with E-state index in [0.29, 0.717) is 11.4 Å². The van der Waals surface area contributed by atoms with Crippen molar-refractivity contribution in [1.29, 1.82) is 0 Å². The molecular formula is C23H23FN2O5S. The number of sulfonamides is 1. The van der Waals surface area contributed by atoms with Gasteiger partial charge in [0, 0.05) is 5.69 Å². The molecule has 0 aliphatic rings. The van der Waals surface area contributed by atoms with Crippen LogP contribution in [-0.2, 0) is 14.8 Å². The Morgan fingerprint density at radius 3 is 2.22 bits per heavy atom. The second-order valence-corrected chi connectivity index (χ2v) is 8.75. The average Bonchev–Trinajstić information content (AvgIpc) is 2.79. The fourth-order valence-corrected chi connectivity index (χ4v) is 4.70. The summed E-state index contributed by atoms with van der Waals surface area (Å²) in [6.45, 7) is 1.25. The molecule has 7 nitrogen and oxygen atoms in total. The van der Waals surface area contributed by atoms with E-state index < -0.39 is 28.3 Å². The number of carbonyl (C=O) groups is 1. The van der Waals surface area contributed by atoms with E-state index in [1.165, 1.54) is 44.6 Å². The van der Waals surface area contributed by atoms with Gasteiger partial charge in [-0.05, 0) is 73.2 Å². The van der Waals surface area contributed by atoms with Gasteiger partial charge in [0.05, 0.1) is 19.9 Å². The van der Waals surface area contributed by atoms with Crippen molar-refractivity contribution in [2.24, 2.45) is 0 Å². The highest BCUT2D eigenvalue weighted by Crippen LogP contribution is 2.31. The standard InChI is InChI=1S/C23H23FN2O5S/c1-16-4-13-21(31-3)22(14-16)32(28,29)26(19-9-11-20(30-2)12-10-19)15-23(27)25-18-7-5-17(24)6-8-18/h4-14H,15H2,1-3H3,(H,25,27). The first-order valence-corrected chi connectivity index (χ1v) is 11.1. The monoisotopic (exact) mass is 458 g/mol. The summed E-state index contributed by atoms with van der Waals surface area (Å²) in [6, 6.07) is 16.3. The van der Waals surface area contributed by atoms with E-state index in [9.17, 15) is 17.6 Å². The molecule has 1 amide bonds. The lowest BCUT2D eigenvalue weighted by atomic mass is 10.2. The Labute approximate surface area is 186 Å². The van der Waals surface area contributed by atoms with Gasteiger partial charge in [0.15, 0.2) is 0 Å². The van der Waals surface area contributed by atoms with Crippen LogP contribution in [0.4, 0.5) is 15.8 Å². The third-order valence-corrected chi connectivity index (χ3v) is 6.46. The van der Waals surface area contributed by atoms with Crippen molar-refractivity contribution in [3.63, 3.8) is 0 Å². The molecule has 0 unspecified atom stereocenters. The van der Waals surface area contributed by atoms with Gasteiger partial charge in [-0.15, -0.1) is 0 Å². The maximum absolute atomic E-state index is 13.6. The number of ether oxygens (including phenoxy) is 2. The number of amides is 1. The zero-order chi connectivity index (χ0) is 23.3. The predicted octanol–water partition coefficient (Wildman–Crippen LogP) is 3.99. The SMILES string of the molecule is COc1ccc(N(CC(=O)Nc2ccc(F)cc2)S(=O)(=O)c2cc(C)ccc2OC)cc1. The second kappa shape index (κ2) is 9.69. The number of methoxy groups -OCH3 is 2. The van der Waals surface area contributed by atoms with Gasteiger partial charge in [0.2, 0.25) is 5.91 Å². The Morgan fingerprint density at radius 1 is 0.969 bits per heavy atom. The molecular weight excluding hydrogens is 435 g/mol. The van der Waals surface area contributed by atoms with Crippen LogP contribution in [0.3, 0.4) is 0 Å². The minimum Gasteiger partial charge on any atom is -0.497 e. The van der Waals surface area contributed by atoms with Gasteiger partial charge in [-0.1, -0.05) is 6.07 Å². The van der Waals surface area contributed by atoms with Crippen molar-refractivity contribution in [2.45, 2.75) is 11.8 Å². The Morgan fingerprint density at radius 2 is 1.62 bits per heavy atom. The summed E-state index contributed by atoms with van der Waals surface area (Å²) in [4.78, 5) is 12.7. The molecule has 0 fully saturated rings. The first kappa shape index (κ1) is 23.1. The number of hydrogen-bond acceptors (Lipinski definition) is 5. The molecule has 0 atom stereocenters. The lowest BCUT2D eigenvalue weighted by molar-refractivity contribution is -0.114. The first-order valence-electron chi connectivity index (χ1n) is 9.61. The molecule has 0 heterocycles. The van der Waals surface area contributed by atoms with Gasteiger partial charge >= 0.3 is 0 Å². The normalized spacial score (nSPS) is 11.0. The van der Waals surface area contributed by atoms with Crippen molar-refractivity contribution >= 4 is 27.3 Å². The molecule has 3 aromatic rings. The molecule has 168 valence electrons. The number of benzene rings is 3. The van der Waals surface area contributed by atoms with Gasteiger partial charge in [-0.25, -0.2) is 12.8 Å². The molecule has 0 aliphatic carbocycles. The maximum Gasteiger partial charge on any atom is 0.268 e. The van der Waals surface area contributed by atoms with Crippen LogP contribution >= 0.6 is 0 Å². The summed E-state index contributed by atoms with van der Waals surface area (Å²) < 4.78 is 51.8. The fraction of sp³-hybridized carbons (Fsp3) is 0.174. The highest BCUT2D eigenvalue weighted by molar-refractivity contribution is 7.93. The lowest BCUT2D eigenvalue weighted by Crippen LogP contribution is -2.38. The van der Waals surface area contributed by atoms with Gasteiger partial charge in [0.1, 0.15) is 28.8 Å². The number of rotatable bonds is 8. The van der Waals surface area contributed by atoms with Crippen LogP contribution in [0.15, 0.2) is 71.6 Å². The van der Waals surface area contributed by atoms with Crippen molar-refractivity contribution in [3.8, 4) is 11.5 Å². The summed E-state index contributed by atoms with van der Waals surface area (Å²) in [5, 5.41) is 2.59. The van der Waals surface area contributed by atoms with Crippen LogP contribution in [0.1, 0.15) is 5.56 Å². The molecule has 0 aliphatic heterocycles. The molecule has 0 bridgehead atoms. The van der Waals surface area contributed by atoms with Crippen LogP contribution in [0, 0.1) is 12.7 Å². The van der Waals surface area contributed by atoms with Crippen LogP contribution < -0.4 is 19.1 Å². The smallest absolute Gasteiger partial charge is 0.268 e. The van der Waals surface area contributed by atoms with Crippen molar-refractivity contribution in [2.75, 3.05) is 30.4 Å². The van der Waals surface area contributed by atoms with Gasteiger partial charge in [-0.3, -0.25) is 9.10 Å². The third kappa shape index (κ3) is 5.17. The number of carbonyl (C=O) groups excluding carboxylic acids is 1. The van der Waals surface area contributed by atoms with Crippen LogP contribution in [0.5, 0.6) is 11.5 Å². The van der Waals surface area contributed by atoms with Crippen LogP contribution in [-0.4, -0.2) is 35.1 Å².